The maximum absolute atomic E-state index is 13.4. The highest BCUT2D eigenvalue weighted by molar-refractivity contribution is 7.09. The predicted molar refractivity (Wildman–Crippen MR) is 64.0 cm³/mol. The van der Waals surface area contributed by atoms with Crippen LogP contribution in [0, 0.1) is 11.6 Å². The van der Waals surface area contributed by atoms with Crippen molar-refractivity contribution < 1.29 is 8.78 Å². The molecule has 2 nitrogen and oxygen atoms in total. The van der Waals surface area contributed by atoms with Crippen molar-refractivity contribution in [1.29, 1.82) is 0 Å². The molecule has 0 spiro atoms. The molecule has 0 aliphatic carbocycles. The highest BCUT2D eigenvalue weighted by atomic mass is 32.1. The highest BCUT2D eigenvalue weighted by Crippen LogP contribution is 2.17. The molecule has 0 aliphatic rings. The fraction of sp³-hybridized carbons (Fsp3) is 0.250. The molecule has 90 valence electrons. The Morgan fingerprint density at radius 1 is 1.35 bits per heavy atom. The Bertz CT molecular complexity index is 511. The third-order valence-electron chi connectivity index (χ3n) is 2.31. The zero-order valence-electron chi connectivity index (χ0n) is 9.34. The molecule has 0 saturated heterocycles. The molecule has 17 heavy (non-hydrogen) atoms. The summed E-state index contributed by atoms with van der Waals surface area (Å²) < 4.78 is 26.1. The van der Waals surface area contributed by atoms with Crippen LogP contribution in [0.25, 0.3) is 0 Å². The second kappa shape index (κ2) is 5.33. The number of hydrogen-bond donors (Lipinski definition) is 1. The molecule has 0 amide bonds. The number of benzene rings is 1. The third-order valence-corrected chi connectivity index (χ3v) is 3.21. The summed E-state index contributed by atoms with van der Waals surface area (Å²) in [5.41, 5.74) is 1.41. The molecule has 0 aliphatic heterocycles. The molecule has 2 aromatic rings. The number of thiazole rings is 1. The van der Waals surface area contributed by atoms with Gasteiger partial charge in [-0.1, -0.05) is 6.07 Å². The standard InChI is InChI=1S/C12H12F2N2S/c1-15-6-10-7-17-12(16-10)4-8-2-3-9(13)5-11(8)14/h2-3,5,7,15H,4,6H2,1H3. The first-order chi connectivity index (χ1) is 8.19. The van der Waals surface area contributed by atoms with Crippen LogP contribution in [0.3, 0.4) is 0 Å². The number of nitrogens with one attached hydrogen (secondary N) is 1. The van der Waals surface area contributed by atoms with Gasteiger partial charge in [-0.2, -0.15) is 0 Å². The van der Waals surface area contributed by atoms with Gasteiger partial charge < -0.3 is 5.32 Å². The minimum atomic E-state index is -0.554. The normalized spacial score (nSPS) is 10.8. The molecule has 0 unspecified atom stereocenters. The molecular formula is C12H12F2N2S. The molecule has 5 heteroatoms. The van der Waals surface area contributed by atoms with Gasteiger partial charge in [0.05, 0.1) is 10.7 Å². The van der Waals surface area contributed by atoms with Gasteiger partial charge in [-0.15, -0.1) is 11.3 Å². The van der Waals surface area contributed by atoms with Gasteiger partial charge in [0, 0.05) is 24.4 Å². The Balaban J connectivity index is 2.13. The van der Waals surface area contributed by atoms with E-state index in [1.807, 2.05) is 12.4 Å². The van der Waals surface area contributed by atoms with Gasteiger partial charge in [-0.3, -0.25) is 0 Å². The molecule has 1 aromatic heterocycles. The molecule has 1 heterocycles. The molecule has 0 saturated carbocycles. The highest BCUT2D eigenvalue weighted by Gasteiger charge is 2.07. The van der Waals surface area contributed by atoms with Crippen molar-refractivity contribution in [1.82, 2.24) is 10.3 Å². The summed E-state index contributed by atoms with van der Waals surface area (Å²) in [5.74, 6) is -1.07. The van der Waals surface area contributed by atoms with E-state index in [0.717, 1.165) is 16.8 Å². The lowest BCUT2D eigenvalue weighted by Crippen LogP contribution is -2.05. The Hall–Kier alpha value is -1.33. The average molecular weight is 254 g/mol. The van der Waals surface area contributed by atoms with Crippen LogP contribution in [0.1, 0.15) is 16.3 Å². The first-order valence-electron chi connectivity index (χ1n) is 5.21. The zero-order valence-corrected chi connectivity index (χ0v) is 10.2. The Kier molecular flexibility index (Phi) is 3.81. The fourth-order valence-electron chi connectivity index (χ4n) is 1.52. The number of rotatable bonds is 4. The van der Waals surface area contributed by atoms with Crippen molar-refractivity contribution >= 4 is 11.3 Å². The average Bonchev–Trinajstić information content (AvgIpc) is 2.71. The Morgan fingerprint density at radius 3 is 2.88 bits per heavy atom. The van der Waals surface area contributed by atoms with E-state index in [2.05, 4.69) is 10.3 Å². The summed E-state index contributed by atoms with van der Waals surface area (Å²) in [7, 11) is 1.85. The molecule has 2 rings (SSSR count). The summed E-state index contributed by atoms with van der Waals surface area (Å²) in [6, 6.07) is 3.63. The molecule has 1 aromatic carbocycles. The van der Waals surface area contributed by atoms with Crippen LogP contribution in [0.2, 0.25) is 0 Å². The van der Waals surface area contributed by atoms with Crippen molar-refractivity contribution in [3.63, 3.8) is 0 Å². The zero-order chi connectivity index (χ0) is 12.3. The second-order valence-electron chi connectivity index (χ2n) is 3.68. The van der Waals surface area contributed by atoms with Crippen LogP contribution < -0.4 is 5.32 Å². The minimum absolute atomic E-state index is 0.403. The molecule has 0 atom stereocenters. The van der Waals surface area contributed by atoms with Crippen molar-refractivity contribution in [3.05, 3.63) is 51.5 Å². The Labute approximate surface area is 102 Å². The van der Waals surface area contributed by atoms with Crippen molar-refractivity contribution in [2.75, 3.05) is 7.05 Å². The monoisotopic (exact) mass is 254 g/mol. The Morgan fingerprint density at radius 2 is 2.18 bits per heavy atom. The van der Waals surface area contributed by atoms with Crippen molar-refractivity contribution in [2.45, 2.75) is 13.0 Å². The van der Waals surface area contributed by atoms with Gasteiger partial charge in [0.1, 0.15) is 11.6 Å². The van der Waals surface area contributed by atoms with Crippen LogP contribution in [0.4, 0.5) is 8.78 Å². The van der Waals surface area contributed by atoms with Gasteiger partial charge in [0.15, 0.2) is 0 Å². The maximum atomic E-state index is 13.4. The fourth-order valence-corrected chi connectivity index (χ4v) is 2.34. The first-order valence-corrected chi connectivity index (χ1v) is 6.09. The minimum Gasteiger partial charge on any atom is -0.314 e. The van der Waals surface area contributed by atoms with Crippen LogP contribution in [0.5, 0.6) is 0 Å². The van der Waals surface area contributed by atoms with E-state index in [1.165, 1.54) is 23.5 Å². The van der Waals surface area contributed by atoms with Gasteiger partial charge in [0.25, 0.3) is 0 Å². The summed E-state index contributed by atoms with van der Waals surface area (Å²) in [6.07, 6.45) is 0.403. The van der Waals surface area contributed by atoms with Crippen molar-refractivity contribution in [3.8, 4) is 0 Å². The van der Waals surface area contributed by atoms with E-state index >= 15 is 0 Å². The maximum Gasteiger partial charge on any atom is 0.129 e. The number of halogens is 2. The smallest absolute Gasteiger partial charge is 0.129 e. The quantitative estimate of drug-likeness (QED) is 0.907. The van der Waals surface area contributed by atoms with Gasteiger partial charge in [-0.25, -0.2) is 13.8 Å². The SMILES string of the molecule is CNCc1csc(Cc2ccc(F)cc2F)n1. The molecule has 0 bridgehead atoms. The van der Waals surface area contributed by atoms with Gasteiger partial charge in [-0.05, 0) is 18.7 Å². The third kappa shape index (κ3) is 3.08. The lowest BCUT2D eigenvalue weighted by molar-refractivity contribution is 0.574. The van der Waals surface area contributed by atoms with E-state index in [0.29, 0.717) is 18.5 Å². The lowest BCUT2D eigenvalue weighted by atomic mass is 10.1. The van der Waals surface area contributed by atoms with E-state index in [9.17, 15) is 8.78 Å². The topological polar surface area (TPSA) is 24.9 Å². The largest absolute Gasteiger partial charge is 0.314 e. The van der Waals surface area contributed by atoms with Gasteiger partial charge in [0.2, 0.25) is 0 Å². The van der Waals surface area contributed by atoms with Crippen LogP contribution in [-0.4, -0.2) is 12.0 Å². The van der Waals surface area contributed by atoms with E-state index in [4.69, 9.17) is 0 Å². The lowest BCUT2D eigenvalue weighted by Gasteiger charge is -2.00. The summed E-state index contributed by atoms with van der Waals surface area (Å²) >= 11 is 1.49. The molecular weight excluding hydrogens is 242 g/mol. The summed E-state index contributed by atoms with van der Waals surface area (Å²) in [5, 5.41) is 5.77. The molecule has 0 radical (unpaired) electrons. The van der Waals surface area contributed by atoms with Crippen molar-refractivity contribution in [2.24, 2.45) is 0 Å². The summed E-state index contributed by atoms with van der Waals surface area (Å²) in [4.78, 5) is 4.35. The van der Waals surface area contributed by atoms with E-state index in [-0.39, 0.29) is 0 Å². The van der Waals surface area contributed by atoms with Crippen LogP contribution >= 0.6 is 11.3 Å². The first kappa shape index (κ1) is 12.1. The van der Waals surface area contributed by atoms with Crippen LogP contribution in [-0.2, 0) is 13.0 Å². The van der Waals surface area contributed by atoms with Gasteiger partial charge >= 0.3 is 0 Å². The predicted octanol–water partition coefficient (Wildman–Crippen LogP) is 2.73. The number of aromatic nitrogens is 1. The van der Waals surface area contributed by atoms with E-state index in [1.54, 1.807) is 0 Å². The second-order valence-corrected chi connectivity index (χ2v) is 4.62. The molecule has 0 fully saturated rings. The van der Waals surface area contributed by atoms with E-state index < -0.39 is 11.6 Å². The number of hydrogen-bond acceptors (Lipinski definition) is 3. The van der Waals surface area contributed by atoms with Crippen LogP contribution in [0.15, 0.2) is 23.6 Å². The number of nitrogens with zero attached hydrogens (tertiary/aromatic N) is 1. The molecule has 1 N–H and O–H groups in total. The summed E-state index contributed by atoms with van der Waals surface area (Å²) in [6.45, 7) is 0.697.